The van der Waals surface area contributed by atoms with E-state index in [1.54, 1.807) is 12.1 Å². The molecule has 1 aliphatic rings. The zero-order valence-electron chi connectivity index (χ0n) is 14.5. The molecule has 0 unspecified atom stereocenters. The van der Waals surface area contributed by atoms with E-state index in [9.17, 15) is 13.6 Å². The number of fused-ring (bicyclic) bond motifs is 1. The van der Waals surface area contributed by atoms with Crippen LogP contribution in [0.15, 0.2) is 54.7 Å². The van der Waals surface area contributed by atoms with Gasteiger partial charge in [0, 0.05) is 12.7 Å². The summed E-state index contributed by atoms with van der Waals surface area (Å²) in [6.45, 7) is 0.490. The summed E-state index contributed by atoms with van der Waals surface area (Å²) in [5.74, 6) is -0.248. The molecule has 2 heterocycles. The standard InChI is InChI=1S/C20H15F2N3O3/c21-14-2-1-3-15(22)19(14)25-18-7-5-13(10-23-18)20(26)24-9-12-4-6-16-17(8-12)28-11-27-16/h1-8,10H,9,11H2,(H,23,25)(H,24,26). The van der Waals surface area contributed by atoms with Crippen LogP contribution in [0, 0.1) is 11.6 Å². The van der Waals surface area contributed by atoms with Crippen LogP contribution in [0.3, 0.4) is 0 Å². The van der Waals surface area contributed by atoms with Gasteiger partial charge in [0.15, 0.2) is 11.5 Å². The smallest absolute Gasteiger partial charge is 0.253 e. The molecule has 1 amide bonds. The van der Waals surface area contributed by atoms with E-state index in [1.807, 2.05) is 6.07 Å². The Morgan fingerprint density at radius 3 is 2.57 bits per heavy atom. The van der Waals surface area contributed by atoms with Crippen molar-refractivity contribution in [1.29, 1.82) is 0 Å². The molecule has 28 heavy (non-hydrogen) atoms. The number of hydrogen-bond donors (Lipinski definition) is 2. The van der Waals surface area contributed by atoms with Gasteiger partial charge >= 0.3 is 0 Å². The van der Waals surface area contributed by atoms with Crippen LogP contribution < -0.4 is 20.1 Å². The van der Waals surface area contributed by atoms with Crippen molar-refractivity contribution in [2.45, 2.75) is 6.54 Å². The van der Waals surface area contributed by atoms with Crippen LogP contribution in [0.2, 0.25) is 0 Å². The monoisotopic (exact) mass is 383 g/mol. The van der Waals surface area contributed by atoms with Crippen LogP contribution in [0.25, 0.3) is 0 Å². The van der Waals surface area contributed by atoms with Gasteiger partial charge in [0.2, 0.25) is 6.79 Å². The number of benzene rings is 2. The zero-order chi connectivity index (χ0) is 19.5. The van der Waals surface area contributed by atoms with Crippen molar-refractivity contribution in [2.24, 2.45) is 0 Å². The minimum absolute atomic E-state index is 0.188. The molecule has 0 saturated carbocycles. The predicted molar refractivity (Wildman–Crippen MR) is 97.6 cm³/mol. The van der Waals surface area contributed by atoms with Crippen molar-refractivity contribution < 1.29 is 23.0 Å². The molecule has 0 saturated heterocycles. The number of anilines is 2. The Labute approximate surface area is 159 Å². The summed E-state index contributed by atoms with van der Waals surface area (Å²) >= 11 is 0. The topological polar surface area (TPSA) is 72.5 Å². The molecule has 0 bridgehead atoms. The van der Waals surface area contributed by atoms with Gasteiger partial charge in [-0.1, -0.05) is 12.1 Å². The van der Waals surface area contributed by atoms with Crippen LogP contribution in [0.4, 0.5) is 20.3 Å². The second kappa shape index (κ2) is 7.51. The number of nitrogens with one attached hydrogen (secondary N) is 2. The number of pyridine rings is 1. The lowest BCUT2D eigenvalue weighted by molar-refractivity contribution is 0.0950. The number of ether oxygens (including phenoxy) is 2. The molecule has 2 aromatic carbocycles. The van der Waals surface area contributed by atoms with Crippen molar-refractivity contribution in [3.63, 3.8) is 0 Å². The van der Waals surface area contributed by atoms with Gasteiger partial charge in [-0.2, -0.15) is 0 Å². The predicted octanol–water partition coefficient (Wildman–Crippen LogP) is 3.76. The summed E-state index contributed by atoms with van der Waals surface area (Å²) < 4.78 is 37.9. The van der Waals surface area contributed by atoms with Gasteiger partial charge in [-0.3, -0.25) is 4.79 Å². The Balaban J connectivity index is 1.39. The highest BCUT2D eigenvalue weighted by atomic mass is 19.1. The molecule has 0 radical (unpaired) electrons. The van der Waals surface area contributed by atoms with E-state index in [2.05, 4.69) is 15.6 Å². The fourth-order valence-corrected chi connectivity index (χ4v) is 2.68. The van der Waals surface area contributed by atoms with Crippen molar-refractivity contribution in [2.75, 3.05) is 12.1 Å². The first kappa shape index (κ1) is 17.7. The van der Waals surface area contributed by atoms with E-state index in [-0.39, 0.29) is 24.2 Å². The van der Waals surface area contributed by atoms with Gasteiger partial charge in [0.05, 0.1) is 5.56 Å². The number of nitrogens with zero attached hydrogens (tertiary/aromatic N) is 1. The van der Waals surface area contributed by atoms with Gasteiger partial charge in [-0.25, -0.2) is 13.8 Å². The Hall–Kier alpha value is -3.68. The minimum Gasteiger partial charge on any atom is -0.454 e. The Kier molecular flexibility index (Phi) is 4.76. The lowest BCUT2D eigenvalue weighted by Crippen LogP contribution is -2.22. The first-order chi connectivity index (χ1) is 13.6. The second-order valence-electron chi connectivity index (χ2n) is 6.02. The van der Waals surface area contributed by atoms with Crippen molar-refractivity contribution >= 4 is 17.4 Å². The van der Waals surface area contributed by atoms with Crippen molar-refractivity contribution in [3.8, 4) is 11.5 Å². The van der Waals surface area contributed by atoms with E-state index >= 15 is 0 Å². The summed E-state index contributed by atoms with van der Waals surface area (Å²) in [5.41, 5.74) is 0.884. The SMILES string of the molecule is O=C(NCc1ccc2c(c1)OCO2)c1ccc(Nc2c(F)cccc2F)nc1. The lowest BCUT2D eigenvalue weighted by Gasteiger charge is -2.09. The molecule has 3 aromatic rings. The molecule has 1 aromatic heterocycles. The number of para-hydroxylation sites is 1. The van der Waals surface area contributed by atoms with E-state index in [0.717, 1.165) is 17.7 Å². The quantitative estimate of drug-likeness (QED) is 0.702. The number of aromatic nitrogens is 1. The molecular weight excluding hydrogens is 368 g/mol. The third kappa shape index (κ3) is 3.71. The van der Waals surface area contributed by atoms with Crippen LogP contribution >= 0.6 is 0 Å². The molecule has 0 aliphatic carbocycles. The second-order valence-corrected chi connectivity index (χ2v) is 6.02. The first-order valence-corrected chi connectivity index (χ1v) is 8.44. The number of carbonyl (C=O) groups excluding carboxylic acids is 1. The highest BCUT2D eigenvalue weighted by Gasteiger charge is 2.14. The van der Waals surface area contributed by atoms with Crippen molar-refractivity contribution in [1.82, 2.24) is 10.3 Å². The van der Waals surface area contributed by atoms with Gasteiger partial charge in [0.25, 0.3) is 5.91 Å². The van der Waals surface area contributed by atoms with E-state index in [0.29, 0.717) is 23.6 Å². The molecular formula is C20H15F2N3O3. The maximum Gasteiger partial charge on any atom is 0.253 e. The van der Waals surface area contributed by atoms with E-state index in [1.165, 1.54) is 24.4 Å². The molecule has 2 N–H and O–H groups in total. The molecule has 0 atom stereocenters. The molecule has 8 heteroatoms. The normalized spacial score (nSPS) is 11.9. The summed E-state index contributed by atoms with van der Waals surface area (Å²) in [5, 5.41) is 5.35. The summed E-state index contributed by atoms with van der Waals surface area (Å²) in [7, 11) is 0. The van der Waals surface area contributed by atoms with Gasteiger partial charge in [0.1, 0.15) is 23.1 Å². The largest absolute Gasteiger partial charge is 0.454 e. The maximum atomic E-state index is 13.7. The highest BCUT2D eigenvalue weighted by molar-refractivity contribution is 5.94. The fourth-order valence-electron chi connectivity index (χ4n) is 2.68. The molecule has 0 fully saturated rings. The lowest BCUT2D eigenvalue weighted by atomic mass is 10.2. The number of halogens is 2. The van der Waals surface area contributed by atoms with E-state index in [4.69, 9.17) is 9.47 Å². The Bertz CT molecular complexity index is 1010. The van der Waals surface area contributed by atoms with Crippen LogP contribution in [-0.4, -0.2) is 17.7 Å². The summed E-state index contributed by atoms with van der Waals surface area (Å²) in [4.78, 5) is 16.3. The van der Waals surface area contributed by atoms with Gasteiger partial charge < -0.3 is 20.1 Å². The van der Waals surface area contributed by atoms with Gasteiger partial charge in [-0.15, -0.1) is 0 Å². The third-order valence-electron chi connectivity index (χ3n) is 4.13. The van der Waals surface area contributed by atoms with Gasteiger partial charge in [-0.05, 0) is 42.0 Å². The Morgan fingerprint density at radius 1 is 1.04 bits per heavy atom. The highest BCUT2D eigenvalue weighted by Crippen LogP contribution is 2.32. The zero-order valence-corrected chi connectivity index (χ0v) is 14.5. The average Bonchev–Trinajstić information content (AvgIpc) is 3.17. The number of rotatable bonds is 5. The number of carbonyl (C=O) groups is 1. The number of amides is 1. The minimum atomic E-state index is -0.729. The molecule has 0 spiro atoms. The van der Waals surface area contributed by atoms with Crippen LogP contribution in [0.1, 0.15) is 15.9 Å². The Morgan fingerprint density at radius 2 is 1.82 bits per heavy atom. The average molecular weight is 383 g/mol. The first-order valence-electron chi connectivity index (χ1n) is 8.44. The fraction of sp³-hybridized carbons (Fsp3) is 0.100. The third-order valence-corrected chi connectivity index (χ3v) is 4.13. The maximum absolute atomic E-state index is 13.7. The van der Waals surface area contributed by atoms with Crippen LogP contribution in [0.5, 0.6) is 11.5 Å². The molecule has 6 nitrogen and oxygen atoms in total. The van der Waals surface area contributed by atoms with Crippen LogP contribution in [-0.2, 0) is 6.54 Å². The van der Waals surface area contributed by atoms with Crippen molar-refractivity contribution in [3.05, 3.63) is 77.5 Å². The molecule has 142 valence electrons. The summed E-state index contributed by atoms with van der Waals surface area (Å²) in [6, 6.07) is 12.0. The number of hydrogen-bond acceptors (Lipinski definition) is 5. The molecule has 4 rings (SSSR count). The summed E-state index contributed by atoms with van der Waals surface area (Å²) in [6.07, 6.45) is 1.33. The van der Waals surface area contributed by atoms with E-state index < -0.39 is 11.6 Å². The molecule has 1 aliphatic heterocycles.